The zero-order valence-corrected chi connectivity index (χ0v) is 9.65. The van der Waals surface area contributed by atoms with Gasteiger partial charge in [-0.05, 0) is 32.4 Å². The number of rotatable bonds is 2. The van der Waals surface area contributed by atoms with Crippen molar-refractivity contribution in [1.29, 1.82) is 0 Å². The summed E-state index contributed by atoms with van der Waals surface area (Å²) < 4.78 is 0. The molecule has 0 aliphatic rings. The van der Waals surface area contributed by atoms with Crippen LogP contribution >= 0.6 is 0 Å². The summed E-state index contributed by atoms with van der Waals surface area (Å²) in [6.07, 6.45) is 4.95. The molecule has 0 amide bonds. The number of nitrogens with two attached hydrogens (primary N) is 1. The lowest BCUT2D eigenvalue weighted by Gasteiger charge is -1.96. The fourth-order valence-electron chi connectivity index (χ4n) is 0.677. The van der Waals surface area contributed by atoms with Gasteiger partial charge in [-0.1, -0.05) is 38.5 Å². The van der Waals surface area contributed by atoms with Crippen LogP contribution in [-0.4, -0.2) is 0 Å². The molecule has 0 aliphatic carbocycles. The molecule has 0 spiro atoms. The normalized spacial score (nSPS) is 10.5. The van der Waals surface area contributed by atoms with Gasteiger partial charge < -0.3 is 5.73 Å². The van der Waals surface area contributed by atoms with Crippen molar-refractivity contribution in [3.63, 3.8) is 0 Å². The van der Waals surface area contributed by atoms with Gasteiger partial charge in [-0.3, -0.25) is 0 Å². The summed E-state index contributed by atoms with van der Waals surface area (Å²) in [5.74, 6) is 0. The second kappa shape index (κ2) is 9.11. The molecule has 0 saturated heterocycles. The molecule has 0 unspecified atom stereocenters. The lowest BCUT2D eigenvalue weighted by Crippen LogP contribution is -1.95. The summed E-state index contributed by atoms with van der Waals surface area (Å²) in [5, 5.41) is 0. The first kappa shape index (κ1) is 14.5. The molecule has 0 atom stereocenters. The molecular formula is C12H23N. The van der Waals surface area contributed by atoms with Gasteiger partial charge in [0.25, 0.3) is 0 Å². The van der Waals surface area contributed by atoms with Gasteiger partial charge in [0, 0.05) is 5.70 Å². The van der Waals surface area contributed by atoms with Gasteiger partial charge in [0.2, 0.25) is 0 Å². The van der Waals surface area contributed by atoms with E-state index in [0.717, 1.165) is 11.3 Å². The Morgan fingerprint density at radius 1 is 1.23 bits per heavy atom. The van der Waals surface area contributed by atoms with Gasteiger partial charge in [0.1, 0.15) is 0 Å². The van der Waals surface area contributed by atoms with Crippen LogP contribution in [0, 0.1) is 0 Å². The minimum atomic E-state index is 0.751. The van der Waals surface area contributed by atoms with Crippen LogP contribution < -0.4 is 5.73 Å². The Hall–Kier alpha value is -0.980. The summed E-state index contributed by atoms with van der Waals surface area (Å²) >= 11 is 0. The third-order valence-electron chi connectivity index (χ3n) is 1.18. The fraction of sp³-hybridized carbons (Fsp3) is 0.500. The van der Waals surface area contributed by atoms with Crippen LogP contribution in [-0.2, 0) is 0 Å². The van der Waals surface area contributed by atoms with E-state index in [4.69, 9.17) is 5.73 Å². The third kappa shape index (κ3) is 11.0. The van der Waals surface area contributed by atoms with Crippen molar-refractivity contribution in [3.8, 4) is 0 Å². The molecule has 0 bridgehead atoms. The summed E-state index contributed by atoms with van der Waals surface area (Å²) in [5.41, 5.74) is 8.66. The highest BCUT2D eigenvalue weighted by atomic mass is 14.6. The van der Waals surface area contributed by atoms with Crippen molar-refractivity contribution in [3.05, 3.63) is 35.6 Å². The van der Waals surface area contributed by atoms with E-state index in [0.29, 0.717) is 0 Å². The molecule has 76 valence electrons. The third-order valence-corrected chi connectivity index (χ3v) is 1.18. The van der Waals surface area contributed by atoms with E-state index >= 15 is 0 Å². The predicted molar refractivity (Wildman–Crippen MR) is 62.5 cm³/mol. The molecule has 0 saturated carbocycles. The highest BCUT2D eigenvalue weighted by Crippen LogP contribution is 2.03. The average Bonchev–Trinajstić information content (AvgIpc) is 2.03. The average molecular weight is 181 g/mol. The SMILES string of the molecule is C=C/C(N)=C(/C)C=C(C)C.CCC. The number of allylic oxidation sites excluding steroid dienone is 4. The highest BCUT2D eigenvalue weighted by molar-refractivity contribution is 5.29. The summed E-state index contributed by atoms with van der Waals surface area (Å²) in [6, 6.07) is 0. The second-order valence-corrected chi connectivity index (χ2v) is 3.27. The fourth-order valence-corrected chi connectivity index (χ4v) is 0.677. The number of hydrogen-bond acceptors (Lipinski definition) is 1. The molecule has 0 aliphatic heterocycles. The smallest absolute Gasteiger partial charge is 0.0337 e. The molecule has 0 heterocycles. The van der Waals surface area contributed by atoms with E-state index < -0.39 is 0 Å². The zero-order chi connectivity index (χ0) is 10.9. The van der Waals surface area contributed by atoms with Crippen molar-refractivity contribution in [2.75, 3.05) is 0 Å². The Balaban J connectivity index is 0. The van der Waals surface area contributed by atoms with Crippen LogP contribution in [0.4, 0.5) is 0 Å². The maximum atomic E-state index is 5.58. The summed E-state index contributed by atoms with van der Waals surface area (Å²) in [7, 11) is 0. The van der Waals surface area contributed by atoms with Gasteiger partial charge in [0.15, 0.2) is 0 Å². The molecule has 0 fully saturated rings. The molecule has 13 heavy (non-hydrogen) atoms. The minimum absolute atomic E-state index is 0.751. The Bertz CT molecular complexity index is 193. The van der Waals surface area contributed by atoms with Crippen LogP contribution in [0.15, 0.2) is 35.6 Å². The standard InChI is InChI=1S/C9H15N.C3H8/c1-5-9(10)8(4)6-7(2)3;1-3-2/h5-6H,1,10H2,2-4H3;3H2,1-2H3/b9-8+;. The van der Waals surface area contributed by atoms with E-state index in [1.54, 1.807) is 6.08 Å². The van der Waals surface area contributed by atoms with Gasteiger partial charge >= 0.3 is 0 Å². The first-order valence-corrected chi connectivity index (χ1v) is 4.73. The van der Waals surface area contributed by atoms with E-state index in [1.807, 2.05) is 26.8 Å². The molecule has 1 nitrogen and oxygen atoms in total. The van der Waals surface area contributed by atoms with Crippen LogP contribution in [0.25, 0.3) is 0 Å². The Morgan fingerprint density at radius 3 is 1.85 bits per heavy atom. The molecule has 2 N–H and O–H groups in total. The van der Waals surface area contributed by atoms with E-state index in [9.17, 15) is 0 Å². The molecule has 0 aromatic carbocycles. The van der Waals surface area contributed by atoms with Crippen molar-refractivity contribution < 1.29 is 0 Å². The van der Waals surface area contributed by atoms with Gasteiger partial charge in [-0.15, -0.1) is 0 Å². The molecule has 0 radical (unpaired) electrons. The van der Waals surface area contributed by atoms with Crippen LogP contribution in [0.5, 0.6) is 0 Å². The Morgan fingerprint density at radius 2 is 1.62 bits per heavy atom. The Kier molecular flexibility index (Phi) is 10.2. The van der Waals surface area contributed by atoms with E-state index in [1.165, 1.54) is 12.0 Å². The largest absolute Gasteiger partial charge is 0.399 e. The molecule has 1 heteroatoms. The lowest BCUT2D eigenvalue weighted by molar-refractivity contribution is 1.09. The molecule has 0 rings (SSSR count). The first-order valence-electron chi connectivity index (χ1n) is 4.73. The zero-order valence-electron chi connectivity index (χ0n) is 9.65. The monoisotopic (exact) mass is 181 g/mol. The van der Waals surface area contributed by atoms with Crippen molar-refractivity contribution in [2.45, 2.75) is 41.0 Å². The van der Waals surface area contributed by atoms with Crippen LogP contribution in [0.2, 0.25) is 0 Å². The van der Waals surface area contributed by atoms with Crippen molar-refractivity contribution >= 4 is 0 Å². The maximum absolute atomic E-state index is 5.58. The summed E-state index contributed by atoms with van der Waals surface area (Å²) in [6.45, 7) is 13.9. The number of hydrogen-bond donors (Lipinski definition) is 1. The van der Waals surface area contributed by atoms with Gasteiger partial charge in [-0.2, -0.15) is 0 Å². The topological polar surface area (TPSA) is 26.0 Å². The predicted octanol–water partition coefficient (Wildman–Crippen LogP) is 3.79. The highest BCUT2D eigenvalue weighted by Gasteiger charge is 1.87. The minimum Gasteiger partial charge on any atom is -0.399 e. The van der Waals surface area contributed by atoms with E-state index in [2.05, 4.69) is 20.4 Å². The van der Waals surface area contributed by atoms with Crippen molar-refractivity contribution in [1.82, 2.24) is 0 Å². The van der Waals surface area contributed by atoms with Crippen molar-refractivity contribution in [2.24, 2.45) is 5.73 Å². The van der Waals surface area contributed by atoms with Crippen LogP contribution in [0.3, 0.4) is 0 Å². The van der Waals surface area contributed by atoms with E-state index in [-0.39, 0.29) is 0 Å². The van der Waals surface area contributed by atoms with Gasteiger partial charge in [-0.25, -0.2) is 0 Å². The molecule has 0 aromatic rings. The second-order valence-electron chi connectivity index (χ2n) is 3.27. The summed E-state index contributed by atoms with van der Waals surface area (Å²) in [4.78, 5) is 0. The quantitative estimate of drug-likeness (QED) is 0.644. The molecule has 0 aromatic heterocycles. The lowest BCUT2D eigenvalue weighted by atomic mass is 10.1. The first-order chi connectivity index (χ1) is 5.99. The maximum Gasteiger partial charge on any atom is 0.0337 e. The Labute approximate surface area is 83.0 Å². The van der Waals surface area contributed by atoms with Crippen LogP contribution in [0.1, 0.15) is 41.0 Å². The van der Waals surface area contributed by atoms with Gasteiger partial charge in [0.05, 0.1) is 0 Å². The molecular weight excluding hydrogens is 158 g/mol.